The fourth-order valence-electron chi connectivity index (χ4n) is 2.32. The Morgan fingerprint density at radius 3 is 2.78 bits per heavy atom. The first-order valence-corrected chi connectivity index (χ1v) is 6.07. The molecule has 0 N–H and O–H groups in total. The molecular formula is C14H16N2O2. The summed E-state index contributed by atoms with van der Waals surface area (Å²) in [6, 6.07) is 9.56. The summed E-state index contributed by atoms with van der Waals surface area (Å²) < 4.78 is 4.80. The molecule has 1 heterocycles. The molecule has 1 aromatic carbocycles. The number of nitriles is 1. The van der Waals surface area contributed by atoms with Gasteiger partial charge in [0.05, 0.1) is 24.7 Å². The molecule has 2 rings (SSSR count). The van der Waals surface area contributed by atoms with Crippen LogP contribution in [0.4, 0.5) is 5.69 Å². The number of nitrogens with zero attached hydrogens (tertiary/aromatic N) is 2. The van der Waals surface area contributed by atoms with Crippen LogP contribution in [-0.2, 0) is 9.53 Å². The second kappa shape index (κ2) is 5.54. The molecule has 1 aliphatic heterocycles. The zero-order chi connectivity index (χ0) is 13.0. The van der Waals surface area contributed by atoms with E-state index in [0.29, 0.717) is 12.1 Å². The fourth-order valence-corrected chi connectivity index (χ4v) is 2.32. The van der Waals surface area contributed by atoms with Crippen molar-refractivity contribution in [2.75, 3.05) is 25.1 Å². The van der Waals surface area contributed by atoms with E-state index in [9.17, 15) is 4.79 Å². The molecule has 0 spiro atoms. The number of carbonyl (C=O) groups excluding carboxylic acids is 1. The number of carbonyl (C=O) groups is 1. The molecular weight excluding hydrogens is 228 g/mol. The van der Waals surface area contributed by atoms with Crippen LogP contribution < -0.4 is 4.90 Å². The monoisotopic (exact) mass is 244 g/mol. The molecule has 0 aromatic heterocycles. The largest absolute Gasteiger partial charge is 0.469 e. The number of ether oxygens (including phenoxy) is 1. The Kier molecular flexibility index (Phi) is 3.83. The first-order valence-electron chi connectivity index (χ1n) is 6.07. The molecule has 0 bridgehead atoms. The molecule has 0 unspecified atom stereocenters. The minimum absolute atomic E-state index is 0.0422. The zero-order valence-corrected chi connectivity index (χ0v) is 10.4. The second-order valence-corrected chi connectivity index (χ2v) is 4.47. The van der Waals surface area contributed by atoms with Gasteiger partial charge in [-0.15, -0.1) is 0 Å². The van der Waals surface area contributed by atoms with Gasteiger partial charge in [-0.05, 0) is 37.1 Å². The van der Waals surface area contributed by atoms with Gasteiger partial charge in [0.25, 0.3) is 0 Å². The molecule has 0 saturated carbocycles. The number of rotatable bonds is 2. The molecule has 1 fully saturated rings. The zero-order valence-electron chi connectivity index (χ0n) is 10.4. The number of piperidine rings is 1. The molecule has 1 atom stereocenters. The molecule has 4 heteroatoms. The summed E-state index contributed by atoms with van der Waals surface area (Å²) in [6.45, 7) is 1.64. The highest BCUT2D eigenvalue weighted by Crippen LogP contribution is 2.24. The third-order valence-corrected chi connectivity index (χ3v) is 3.32. The van der Waals surface area contributed by atoms with Crippen molar-refractivity contribution in [3.8, 4) is 6.07 Å². The molecule has 1 saturated heterocycles. The highest BCUT2D eigenvalue weighted by Gasteiger charge is 2.26. The third-order valence-electron chi connectivity index (χ3n) is 3.32. The number of esters is 1. The van der Waals surface area contributed by atoms with E-state index in [1.165, 1.54) is 7.11 Å². The molecule has 0 amide bonds. The lowest BCUT2D eigenvalue weighted by molar-refractivity contribution is -0.145. The van der Waals surface area contributed by atoms with Crippen molar-refractivity contribution in [2.45, 2.75) is 12.8 Å². The number of hydrogen-bond acceptors (Lipinski definition) is 4. The molecule has 1 aliphatic rings. The van der Waals surface area contributed by atoms with Gasteiger partial charge in [0.2, 0.25) is 0 Å². The fraction of sp³-hybridized carbons (Fsp3) is 0.429. The first kappa shape index (κ1) is 12.4. The van der Waals surface area contributed by atoms with E-state index in [1.54, 1.807) is 12.1 Å². The molecule has 0 aliphatic carbocycles. The summed E-state index contributed by atoms with van der Waals surface area (Å²) in [7, 11) is 1.43. The number of hydrogen-bond donors (Lipinski definition) is 0. The van der Waals surface area contributed by atoms with E-state index in [2.05, 4.69) is 11.0 Å². The number of benzene rings is 1. The minimum atomic E-state index is -0.131. The minimum Gasteiger partial charge on any atom is -0.469 e. The Morgan fingerprint density at radius 2 is 2.17 bits per heavy atom. The van der Waals surface area contributed by atoms with Crippen LogP contribution in [-0.4, -0.2) is 26.2 Å². The van der Waals surface area contributed by atoms with Gasteiger partial charge in [0, 0.05) is 18.8 Å². The van der Waals surface area contributed by atoms with Crippen LogP contribution in [0.15, 0.2) is 24.3 Å². The highest BCUT2D eigenvalue weighted by molar-refractivity contribution is 5.73. The molecule has 94 valence electrons. The quantitative estimate of drug-likeness (QED) is 0.746. The van der Waals surface area contributed by atoms with Crippen molar-refractivity contribution < 1.29 is 9.53 Å². The SMILES string of the molecule is COC(=O)[C@@H]1CCCN(c2ccc(C#N)cc2)C1. The van der Waals surface area contributed by atoms with Crippen LogP contribution in [0.1, 0.15) is 18.4 Å². The molecule has 0 radical (unpaired) electrons. The first-order chi connectivity index (χ1) is 8.74. The normalized spacial score (nSPS) is 19.1. The van der Waals surface area contributed by atoms with E-state index in [-0.39, 0.29) is 11.9 Å². The van der Waals surface area contributed by atoms with Gasteiger partial charge in [-0.2, -0.15) is 5.26 Å². The van der Waals surface area contributed by atoms with Crippen molar-refractivity contribution in [3.05, 3.63) is 29.8 Å². The van der Waals surface area contributed by atoms with Gasteiger partial charge in [-0.25, -0.2) is 0 Å². The van der Waals surface area contributed by atoms with Crippen LogP contribution in [0.3, 0.4) is 0 Å². The van der Waals surface area contributed by atoms with Gasteiger partial charge >= 0.3 is 5.97 Å². The maximum atomic E-state index is 11.6. The van der Waals surface area contributed by atoms with Gasteiger partial charge in [-0.3, -0.25) is 4.79 Å². The highest BCUT2D eigenvalue weighted by atomic mass is 16.5. The van der Waals surface area contributed by atoms with E-state index in [0.717, 1.165) is 25.1 Å². The lowest BCUT2D eigenvalue weighted by Crippen LogP contribution is -2.39. The van der Waals surface area contributed by atoms with Crippen LogP contribution >= 0.6 is 0 Å². The van der Waals surface area contributed by atoms with Crippen LogP contribution in [0.5, 0.6) is 0 Å². The van der Waals surface area contributed by atoms with Gasteiger partial charge in [0.15, 0.2) is 0 Å². The predicted octanol–water partition coefficient (Wildman–Crippen LogP) is 1.95. The Balaban J connectivity index is 2.08. The summed E-state index contributed by atoms with van der Waals surface area (Å²) in [5.41, 5.74) is 1.71. The van der Waals surface area contributed by atoms with Crippen molar-refractivity contribution in [1.82, 2.24) is 0 Å². The second-order valence-electron chi connectivity index (χ2n) is 4.47. The van der Waals surface area contributed by atoms with Crippen LogP contribution in [0.25, 0.3) is 0 Å². The summed E-state index contributed by atoms with van der Waals surface area (Å²) in [5, 5.41) is 8.76. The summed E-state index contributed by atoms with van der Waals surface area (Å²) in [5.74, 6) is -0.173. The van der Waals surface area contributed by atoms with Crippen molar-refractivity contribution in [1.29, 1.82) is 5.26 Å². The standard InChI is InChI=1S/C14H16N2O2/c1-18-14(17)12-3-2-8-16(10-12)13-6-4-11(9-15)5-7-13/h4-7,12H,2-3,8,10H2,1H3/t12-/m1/s1. The Labute approximate surface area is 107 Å². The average Bonchev–Trinajstić information content (AvgIpc) is 2.46. The third kappa shape index (κ3) is 2.62. The Morgan fingerprint density at radius 1 is 1.44 bits per heavy atom. The predicted molar refractivity (Wildman–Crippen MR) is 68.1 cm³/mol. The van der Waals surface area contributed by atoms with Gasteiger partial charge < -0.3 is 9.64 Å². The maximum absolute atomic E-state index is 11.6. The van der Waals surface area contributed by atoms with E-state index in [4.69, 9.17) is 10.00 Å². The van der Waals surface area contributed by atoms with Crippen LogP contribution in [0, 0.1) is 17.2 Å². The van der Waals surface area contributed by atoms with Crippen molar-refractivity contribution in [2.24, 2.45) is 5.92 Å². The average molecular weight is 244 g/mol. The molecule has 4 nitrogen and oxygen atoms in total. The maximum Gasteiger partial charge on any atom is 0.310 e. The Hall–Kier alpha value is -2.02. The van der Waals surface area contributed by atoms with Crippen molar-refractivity contribution in [3.63, 3.8) is 0 Å². The Bertz CT molecular complexity index is 462. The number of methoxy groups -OCH3 is 1. The molecule has 1 aromatic rings. The van der Waals surface area contributed by atoms with Crippen molar-refractivity contribution >= 4 is 11.7 Å². The van der Waals surface area contributed by atoms with Crippen LogP contribution in [0.2, 0.25) is 0 Å². The summed E-state index contributed by atoms with van der Waals surface area (Å²) in [6.07, 6.45) is 1.87. The number of anilines is 1. The molecule has 18 heavy (non-hydrogen) atoms. The van der Waals surface area contributed by atoms with Gasteiger partial charge in [0.1, 0.15) is 0 Å². The topological polar surface area (TPSA) is 53.3 Å². The van der Waals surface area contributed by atoms with E-state index >= 15 is 0 Å². The van der Waals surface area contributed by atoms with Gasteiger partial charge in [-0.1, -0.05) is 0 Å². The lowest BCUT2D eigenvalue weighted by atomic mass is 9.97. The smallest absolute Gasteiger partial charge is 0.310 e. The summed E-state index contributed by atoms with van der Waals surface area (Å²) >= 11 is 0. The van der Waals surface area contributed by atoms with E-state index < -0.39 is 0 Å². The summed E-state index contributed by atoms with van der Waals surface area (Å²) in [4.78, 5) is 13.7. The lowest BCUT2D eigenvalue weighted by Gasteiger charge is -2.33. The van der Waals surface area contributed by atoms with E-state index in [1.807, 2.05) is 12.1 Å².